The first-order valence-electron chi connectivity index (χ1n) is 9.85. The molecule has 4 heterocycles. The summed E-state index contributed by atoms with van der Waals surface area (Å²) in [7, 11) is 0.338. The van der Waals surface area contributed by atoms with Gasteiger partial charge in [0.05, 0.1) is 6.33 Å². The summed E-state index contributed by atoms with van der Waals surface area (Å²) in [6.45, 7) is 7.83. The second-order valence-corrected chi connectivity index (χ2v) is 9.58. The zero-order valence-electron chi connectivity index (χ0n) is 17.2. The number of anilines is 2. The third-order valence-electron chi connectivity index (χ3n) is 5.49. The molecule has 0 saturated carbocycles. The van der Waals surface area contributed by atoms with E-state index in [1.54, 1.807) is 11.6 Å². The van der Waals surface area contributed by atoms with E-state index in [0.717, 1.165) is 43.6 Å². The van der Waals surface area contributed by atoms with E-state index in [0.29, 0.717) is 26.2 Å². The van der Waals surface area contributed by atoms with Gasteiger partial charge in [0, 0.05) is 71.7 Å². The fourth-order valence-electron chi connectivity index (χ4n) is 3.71. The number of hydrogen-bond acceptors (Lipinski definition) is 8. The molecule has 2 aliphatic rings. The maximum Gasteiger partial charge on any atom is 0.262 e. The van der Waals surface area contributed by atoms with Gasteiger partial charge in [-0.1, -0.05) is 0 Å². The fraction of sp³-hybridized carbons (Fsp3) is 0.611. The van der Waals surface area contributed by atoms with Crippen molar-refractivity contribution < 1.29 is 8.42 Å². The molecule has 2 fully saturated rings. The van der Waals surface area contributed by atoms with Gasteiger partial charge in [-0.2, -0.15) is 4.31 Å². The van der Waals surface area contributed by atoms with Gasteiger partial charge in [-0.15, -0.1) is 0 Å². The maximum atomic E-state index is 12.8. The number of aromatic nitrogens is 4. The van der Waals surface area contributed by atoms with Gasteiger partial charge < -0.3 is 19.3 Å². The van der Waals surface area contributed by atoms with Crippen molar-refractivity contribution >= 4 is 21.7 Å². The van der Waals surface area contributed by atoms with Gasteiger partial charge in [0.2, 0.25) is 0 Å². The molecule has 0 atom stereocenters. The zero-order chi connectivity index (χ0) is 20.6. The summed E-state index contributed by atoms with van der Waals surface area (Å²) in [6, 6.07) is 2.03. The third kappa shape index (κ3) is 4.21. The number of likely N-dealkylation sites (N-methyl/N-ethyl adjacent to an activating group) is 1. The topological polar surface area (TPSA) is 90.7 Å². The molecule has 0 aliphatic carbocycles. The van der Waals surface area contributed by atoms with Crippen LogP contribution in [-0.4, -0.2) is 96.5 Å². The molecule has 2 aromatic heterocycles. The summed E-state index contributed by atoms with van der Waals surface area (Å²) >= 11 is 0. The van der Waals surface area contributed by atoms with Gasteiger partial charge in [-0.3, -0.25) is 0 Å². The first-order chi connectivity index (χ1) is 13.8. The molecule has 2 aromatic rings. The van der Waals surface area contributed by atoms with E-state index in [4.69, 9.17) is 0 Å². The molecule has 0 bridgehead atoms. The molecule has 4 rings (SSSR count). The Morgan fingerprint density at radius 2 is 1.41 bits per heavy atom. The van der Waals surface area contributed by atoms with Crippen molar-refractivity contribution in [1.82, 2.24) is 28.7 Å². The average Bonchev–Trinajstić information content (AvgIpc) is 3.15. The number of nitrogens with zero attached hydrogens (tertiary/aromatic N) is 8. The lowest BCUT2D eigenvalue weighted by molar-refractivity contribution is 0.312. The van der Waals surface area contributed by atoms with Crippen LogP contribution in [-0.2, 0) is 17.1 Å². The zero-order valence-corrected chi connectivity index (χ0v) is 18.0. The van der Waals surface area contributed by atoms with Crippen LogP contribution >= 0.6 is 0 Å². The number of hydrogen-bond donors (Lipinski definition) is 0. The second kappa shape index (κ2) is 7.88. The van der Waals surface area contributed by atoms with Gasteiger partial charge >= 0.3 is 0 Å². The maximum absolute atomic E-state index is 12.8. The van der Waals surface area contributed by atoms with Crippen molar-refractivity contribution in [3.05, 3.63) is 24.4 Å². The number of rotatable bonds is 4. The fourth-order valence-corrected chi connectivity index (χ4v) is 5.10. The molecule has 2 saturated heterocycles. The molecular formula is C18H28N8O2S. The van der Waals surface area contributed by atoms with Gasteiger partial charge in [0.25, 0.3) is 10.0 Å². The van der Waals surface area contributed by atoms with E-state index >= 15 is 0 Å². The Balaban J connectivity index is 1.46. The van der Waals surface area contributed by atoms with E-state index in [9.17, 15) is 8.42 Å². The van der Waals surface area contributed by atoms with Gasteiger partial charge in [-0.05, 0) is 14.0 Å². The summed E-state index contributed by atoms with van der Waals surface area (Å²) < 4.78 is 28.7. The van der Waals surface area contributed by atoms with Crippen molar-refractivity contribution in [2.45, 2.75) is 11.9 Å². The normalized spacial score (nSPS) is 19.7. The third-order valence-corrected chi connectivity index (χ3v) is 7.27. The van der Waals surface area contributed by atoms with Crippen LogP contribution in [0.3, 0.4) is 0 Å². The highest BCUT2D eigenvalue weighted by atomic mass is 32.2. The van der Waals surface area contributed by atoms with Crippen molar-refractivity contribution in [2.75, 3.05) is 69.2 Å². The molecular weight excluding hydrogens is 392 g/mol. The molecule has 0 radical (unpaired) electrons. The minimum absolute atomic E-state index is 0.101. The van der Waals surface area contributed by atoms with Gasteiger partial charge in [0.1, 0.15) is 17.5 Å². The molecule has 0 N–H and O–H groups in total. The van der Waals surface area contributed by atoms with E-state index in [-0.39, 0.29) is 5.03 Å². The largest absolute Gasteiger partial charge is 0.354 e. The van der Waals surface area contributed by atoms with Crippen LogP contribution in [0.1, 0.15) is 5.82 Å². The quantitative estimate of drug-likeness (QED) is 0.671. The van der Waals surface area contributed by atoms with Crippen molar-refractivity contribution in [1.29, 1.82) is 0 Å². The molecule has 158 valence electrons. The number of sulfonamides is 1. The summed E-state index contributed by atoms with van der Waals surface area (Å²) in [4.78, 5) is 20.0. The Morgan fingerprint density at radius 3 is 1.93 bits per heavy atom. The number of aryl methyl sites for hydroxylation is 2. The predicted molar refractivity (Wildman–Crippen MR) is 111 cm³/mol. The summed E-state index contributed by atoms with van der Waals surface area (Å²) in [6.07, 6.45) is 3.05. The van der Waals surface area contributed by atoms with Crippen LogP contribution in [0.15, 0.2) is 23.6 Å². The predicted octanol–water partition coefficient (Wildman–Crippen LogP) is -0.219. The Labute approximate surface area is 171 Å². The lowest BCUT2D eigenvalue weighted by Gasteiger charge is -2.36. The van der Waals surface area contributed by atoms with E-state index in [2.05, 4.69) is 36.7 Å². The van der Waals surface area contributed by atoms with Crippen LogP contribution in [0.4, 0.5) is 11.6 Å². The van der Waals surface area contributed by atoms with Crippen LogP contribution in [0.5, 0.6) is 0 Å². The monoisotopic (exact) mass is 420 g/mol. The van der Waals surface area contributed by atoms with Crippen molar-refractivity contribution in [3.63, 3.8) is 0 Å². The molecule has 0 aromatic carbocycles. The van der Waals surface area contributed by atoms with Crippen LogP contribution in [0.25, 0.3) is 0 Å². The Bertz CT molecular complexity index is 960. The molecule has 11 heteroatoms. The smallest absolute Gasteiger partial charge is 0.262 e. The summed E-state index contributed by atoms with van der Waals surface area (Å²) in [5.41, 5.74) is 0. The Kier molecular flexibility index (Phi) is 5.45. The van der Waals surface area contributed by atoms with Crippen molar-refractivity contribution in [3.8, 4) is 0 Å². The highest BCUT2D eigenvalue weighted by Crippen LogP contribution is 2.23. The first kappa shape index (κ1) is 20.0. The lowest BCUT2D eigenvalue weighted by Crippen LogP contribution is -2.49. The first-order valence-corrected chi connectivity index (χ1v) is 11.3. The molecule has 2 aliphatic heterocycles. The van der Waals surface area contributed by atoms with E-state index in [1.807, 2.05) is 13.0 Å². The summed E-state index contributed by atoms with van der Waals surface area (Å²) in [5, 5.41) is 0.101. The standard InChI is InChI=1S/C18H28N8O2S/c1-15-20-16(24-6-4-22(2)5-7-24)12-17(21-15)25-8-10-26(11-9-25)29(27,28)18-13-23(3)14-19-18/h12-14H,4-11H2,1-3H3. The number of imidazole rings is 1. The Morgan fingerprint density at radius 1 is 0.862 bits per heavy atom. The van der Waals surface area contributed by atoms with E-state index < -0.39 is 10.0 Å². The van der Waals surface area contributed by atoms with E-state index in [1.165, 1.54) is 16.8 Å². The summed E-state index contributed by atoms with van der Waals surface area (Å²) in [5.74, 6) is 2.55. The minimum atomic E-state index is -3.56. The minimum Gasteiger partial charge on any atom is -0.354 e. The molecule has 0 spiro atoms. The highest BCUT2D eigenvalue weighted by Gasteiger charge is 2.31. The van der Waals surface area contributed by atoms with Crippen LogP contribution in [0.2, 0.25) is 0 Å². The second-order valence-electron chi connectivity index (χ2n) is 7.69. The average molecular weight is 421 g/mol. The Hall–Kier alpha value is -2.24. The molecule has 10 nitrogen and oxygen atoms in total. The van der Waals surface area contributed by atoms with Crippen LogP contribution < -0.4 is 9.80 Å². The van der Waals surface area contributed by atoms with Gasteiger partial charge in [-0.25, -0.2) is 23.4 Å². The van der Waals surface area contributed by atoms with Gasteiger partial charge in [0.15, 0.2) is 5.03 Å². The lowest BCUT2D eigenvalue weighted by atomic mass is 10.3. The van der Waals surface area contributed by atoms with Crippen molar-refractivity contribution in [2.24, 2.45) is 7.05 Å². The number of piperazine rings is 2. The molecule has 0 unspecified atom stereocenters. The molecule has 0 amide bonds. The molecule has 29 heavy (non-hydrogen) atoms. The highest BCUT2D eigenvalue weighted by molar-refractivity contribution is 7.89. The van der Waals surface area contributed by atoms with Crippen LogP contribution in [0, 0.1) is 6.92 Å². The SMILES string of the molecule is Cc1nc(N2CCN(C)CC2)cc(N2CCN(S(=O)(=O)c3cn(C)cn3)CC2)n1.